The van der Waals surface area contributed by atoms with E-state index in [1.54, 1.807) is 0 Å². The molecule has 0 atom stereocenters. The van der Waals surface area contributed by atoms with Gasteiger partial charge in [-0.3, -0.25) is 29.7 Å². The third-order valence-corrected chi connectivity index (χ3v) is 3.85. The summed E-state index contributed by atoms with van der Waals surface area (Å²) in [4.78, 5) is 32.5. The molecular weight excluding hydrogens is 387 g/mol. The molecule has 1 amide bonds. The lowest BCUT2D eigenvalue weighted by Gasteiger charge is -2.08. The van der Waals surface area contributed by atoms with Gasteiger partial charge in [0.25, 0.3) is 11.4 Å². The maximum absolute atomic E-state index is 12.6. The van der Waals surface area contributed by atoms with E-state index in [2.05, 4.69) is 10.4 Å². The van der Waals surface area contributed by atoms with Crippen molar-refractivity contribution in [2.45, 2.75) is 33.0 Å². The van der Waals surface area contributed by atoms with Crippen LogP contribution in [0.4, 0.5) is 30.2 Å². The number of nitrogens with zero attached hydrogens (tertiary/aromatic N) is 4. The molecule has 0 unspecified atom stereocenters. The molecule has 0 bridgehead atoms. The Morgan fingerprint density at radius 3 is 2.11 bits per heavy atom. The number of aromatic nitrogens is 2. The van der Waals surface area contributed by atoms with E-state index in [-0.39, 0.29) is 29.9 Å². The second-order valence-electron chi connectivity index (χ2n) is 5.84. The summed E-state index contributed by atoms with van der Waals surface area (Å²) in [6, 6.07) is 2.78. The van der Waals surface area contributed by atoms with Crippen molar-refractivity contribution in [1.29, 1.82) is 0 Å². The monoisotopic (exact) mass is 401 g/mol. The highest BCUT2D eigenvalue weighted by Crippen LogP contribution is 2.32. The zero-order valence-corrected chi connectivity index (χ0v) is 14.6. The van der Waals surface area contributed by atoms with Crippen molar-refractivity contribution in [3.63, 3.8) is 0 Å². The number of amides is 1. The predicted octanol–water partition coefficient (Wildman–Crippen LogP) is 3.36. The van der Waals surface area contributed by atoms with Gasteiger partial charge in [-0.15, -0.1) is 0 Å². The highest BCUT2D eigenvalue weighted by atomic mass is 19.4. The number of carbonyl (C=O) groups excluding carboxylic acids is 1. The first-order valence-electron chi connectivity index (χ1n) is 7.75. The van der Waals surface area contributed by atoms with Gasteiger partial charge in [0.15, 0.2) is 5.69 Å². The van der Waals surface area contributed by atoms with E-state index in [9.17, 15) is 38.2 Å². The van der Waals surface area contributed by atoms with Crippen LogP contribution in [0.25, 0.3) is 0 Å². The van der Waals surface area contributed by atoms with Crippen LogP contribution < -0.4 is 5.32 Å². The molecule has 150 valence electrons. The Kier molecular flexibility index (Phi) is 5.66. The van der Waals surface area contributed by atoms with Crippen LogP contribution in [-0.4, -0.2) is 25.5 Å². The summed E-state index contributed by atoms with van der Waals surface area (Å²) in [5, 5.41) is 27.7. The number of nitro benzene ring substituents is 2. The smallest absolute Gasteiger partial charge is 0.326 e. The fraction of sp³-hybridized carbons (Fsp3) is 0.333. The minimum absolute atomic E-state index is 0.165. The van der Waals surface area contributed by atoms with Gasteiger partial charge in [0.2, 0.25) is 5.91 Å². The number of hydrogen-bond donors (Lipinski definition) is 1. The van der Waals surface area contributed by atoms with Crippen LogP contribution in [-0.2, 0) is 17.5 Å². The van der Waals surface area contributed by atoms with Crippen LogP contribution in [0.1, 0.15) is 23.4 Å². The Morgan fingerprint density at radius 2 is 1.68 bits per heavy atom. The number of nitro groups is 2. The summed E-state index contributed by atoms with van der Waals surface area (Å²) in [5.41, 5.74) is -2.30. The topological polar surface area (TPSA) is 133 Å². The van der Waals surface area contributed by atoms with E-state index < -0.39 is 39.0 Å². The van der Waals surface area contributed by atoms with Crippen molar-refractivity contribution in [2.24, 2.45) is 0 Å². The van der Waals surface area contributed by atoms with Gasteiger partial charge in [0.05, 0.1) is 15.5 Å². The number of halogens is 3. The highest BCUT2D eigenvalue weighted by Gasteiger charge is 2.34. The molecule has 0 radical (unpaired) electrons. The molecule has 2 aromatic rings. The molecule has 1 aromatic heterocycles. The van der Waals surface area contributed by atoms with Gasteiger partial charge in [-0.25, -0.2) is 0 Å². The molecule has 0 aliphatic heterocycles. The first-order valence-corrected chi connectivity index (χ1v) is 7.75. The Morgan fingerprint density at radius 1 is 1.14 bits per heavy atom. The second-order valence-corrected chi connectivity index (χ2v) is 5.84. The summed E-state index contributed by atoms with van der Waals surface area (Å²) in [5.74, 6) is -0.698. The maximum atomic E-state index is 12.6. The van der Waals surface area contributed by atoms with E-state index >= 15 is 0 Å². The van der Waals surface area contributed by atoms with E-state index in [1.165, 1.54) is 13.8 Å². The molecule has 1 N–H and O–H groups in total. The van der Waals surface area contributed by atoms with Crippen molar-refractivity contribution < 1.29 is 27.8 Å². The highest BCUT2D eigenvalue weighted by molar-refractivity contribution is 5.91. The molecule has 13 heteroatoms. The number of anilines is 1. The third kappa shape index (κ3) is 4.61. The minimum atomic E-state index is -4.61. The minimum Gasteiger partial charge on any atom is -0.326 e. The predicted molar refractivity (Wildman–Crippen MR) is 89.7 cm³/mol. The molecule has 28 heavy (non-hydrogen) atoms. The van der Waals surface area contributed by atoms with Crippen molar-refractivity contribution >= 4 is 23.0 Å². The van der Waals surface area contributed by atoms with Gasteiger partial charge in [-0.2, -0.15) is 18.3 Å². The number of benzene rings is 1. The summed E-state index contributed by atoms with van der Waals surface area (Å²) in [7, 11) is 0. The number of carbonyl (C=O) groups is 1. The standard InChI is InChI=1S/C15H14F3N5O5/c1-8-5-13(15(16,17)18)20-21(8)4-3-14(24)19-10-6-11(22(25)26)9(2)12(7-10)23(27)28/h5-7H,3-4H2,1-2H3,(H,19,24). The van der Waals surface area contributed by atoms with Crippen molar-refractivity contribution in [1.82, 2.24) is 9.78 Å². The van der Waals surface area contributed by atoms with Crippen LogP contribution >= 0.6 is 0 Å². The lowest BCUT2D eigenvalue weighted by molar-refractivity contribution is -0.395. The molecule has 10 nitrogen and oxygen atoms in total. The average Bonchev–Trinajstić information content (AvgIpc) is 2.95. The molecule has 0 saturated heterocycles. The van der Waals surface area contributed by atoms with Gasteiger partial charge in [-0.05, 0) is 19.9 Å². The fourth-order valence-electron chi connectivity index (χ4n) is 2.44. The Balaban J connectivity index is 2.14. The molecule has 1 aromatic carbocycles. The fourth-order valence-corrected chi connectivity index (χ4v) is 2.44. The van der Waals surface area contributed by atoms with E-state index in [1.807, 2.05) is 0 Å². The second kappa shape index (κ2) is 7.62. The first kappa shape index (κ1) is 20.8. The van der Waals surface area contributed by atoms with Gasteiger partial charge in [0, 0.05) is 30.8 Å². The number of rotatable bonds is 6. The summed E-state index contributed by atoms with van der Waals surface area (Å²) in [6.45, 7) is 2.43. The quantitative estimate of drug-likeness (QED) is 0.583. The van der Waals surface area contributed by atoms with Crippen LogP contribution in [0.5, 0.6) is 0 Å². The van der Waals surface area contributed by atoms with E-state index in [0.717, 1.165) is 22.9 Å². The molecule has 0 aliphatic rings. The third-order valence-electron chi connectivity index (χ3n) is 3.85. The average molecular weight is 401 g/mol. The van der Waals surface area contributed by atoms with Crippen LogP contribution in [0.3, 0.4) is 0 Å². The Hall–Kier alpha value is -3.51. The molecule has 0 aliphatic carbocycles. The molecule has 1 heterocycles. The summed E-state index contributed by atoms with van der Waals surface area (Å²) >= 11 is 0. The number of alkyl halides is 3. The molecule has 0 fully saturated rings. The lowest BCUT2D eigenvalue weighted by Crippen LogP contribution is -2.16. The number of nitrogens with one attached hydrogen (secondary N) is 1. The molecule has 2 rings (SSSR count). The number of hydrogen-bond acceptors (Lipinski definition) is 6. The first-order chi connectivity index (χ1) is 12.9. The van der Waals surface area contributed by atoms with Crippen LogP contribution in [0, 0.1) is 34.1 Å². The van der Waals surface area contributed by atoms with E-state index in [0.29, 0.717) is 0 Å². The summed E-state index contributed by atoms with van der Waals surface area (Å²) < 4.78 is 38.9. The summed E-state index contributed by atoms with van der Waals surface area (Å²) in [6.07, 6.45) is -4.91. The van der Waals surface area contributed by atoms with Gasteiger partial charge >= 0.3 is 6.18 Å². The largest absolute Gasteiger partial charge is 0.435 e. The zero-order chi connectivity index (χ0) is 21.2. The lowest BCUT2D eigenvalue weighted by atomic mass is 10.1. The molecule has 0 spiro atoms. The maximum Gasteiger partial charge on any atom is 0.435 e. The number of aryl methyl sites for hydroxylation is 2. The van der Waals surface area contributed by atoms with Crippen molar-refractivity contribution in [2.75, 3.05) is 5.32 Å². The molecule has 0 saturated carbocycles. The van der Waals surface area contributed by atoms with Gasteiger partial charge in [-0.1, -0.05) is 0 Å². The van der Waals surface area contributed by atoms with Gasteiger partial charge < -0.3 is 5.32 Å². The van der Waals surface area contributed by atoms with Crippen molar-refractivity contribution in [3.8, 4) is 0 Å². The SMILES string of the molecule is Cc1c([N+](=O)[O-])cc(NC(=O)CCn2nc(C(F)(F)F)cc2C)cc1[N+](=O)[O-]. The van der Waals surface area contributed by atoms with E-state index in [4.69, 9.17) is 0 Å². The normalized spacial score (nSPS) is 11.3. The van der Waals surface area contributed by atoms with Gasteiger partial charge in [0.1, 0.15) is 5.56 Å². The zero-order valence-electron chi connectivity index (χ0n) is 14.6. The van der Waals surface area contributed by atoms with Crippen LogP contribution in [0.2, 0.25) is 0 Å². The van der Waals surface area contributed by atoms with Crippen molar-refractivity contribution in [3.05, 3.63) is 55.4 Å². The van der Waals surface area contributed by atoms with Crippen LogP contribution in [0.15, 0.2) is 18.2 Å². The Bertz CT molecular complexity index is 919. The molecular formula is C15H14F3N5O5. The Labute approximate surface area is 155 Å².